The fourth-order valence-electron chi connectivity index (χ4n) is 2.36. The first-order chi connectivity index (χ1) is 10.9. The molecule has 6 nitrogen and oxygen atoms in total. The molecule has 0 aromatic heterocycles. The average Bonchev–Trinajstić information content (AvgIpc) is 3.30. The van der Waals surface area contributed by atoms with E-state index in [9.17, 15) is 9.59 Å². The van der Waals surface area contributed by atoms with Crippen LogP contribution in [0.3, 0.4) is 0 Å². The summed E-state index contributed by atoms with van der Waals surface area (Å²) in [5, 5.41) is 8.24. The van der Waals surface area contributed by atoms with Gasteiger partial charge >= 0.3 is 6.03 Å². The van der Waals surface area contributed by atoms with Crippen LogP contribution in [0.1, 0.15) is 24.0 Å². The number of rotatable bonds is 6. The Balaban J connectivity index is 1.85. The number of carbonyl (C=O) groups is 2. The van der Waals surface area contributed by atoms with Crippen molar-refractivity contribution in [3.8, 4) is 0 Å². The predicted octanol–water partition coefficient (Wildman–Crippen LogP) is 2.02. The van der Waals surface area contributed by atoms with Gasteiger partial charge in [-0.15, -0.1) is 0 Å². The third kappa shape index (κ3) is 5.16. The molecule has 3 amide bonds. The van der Waals surface area contributed by atoms with Crippen LogP contribution in [0, 0.1) is 19.8 Å². The van der Waals surface area contributed by atoms with Crippen molar-refractivity contribution in [2.24, 2.45) is 5.92 Å². The molecule has 126 valence electrons. The first kappa shape index (κ1) is 17.1. The Kier molecular flexibility index (Phi) is 5.47. The minimum Gasteiger partial charge on any atom is -0.378 e. The number of nitrogens with one attached hydrogen (secondary N) is 3. The lowest BCUT2D eigenvalue weighted by Gasteiger charge is -2.18. The van der Waals surface area contributed by atoms with Crippen LogP contribution in [0.15, 0.2) is 12.1 Å². The van der Waals surface area contributed by atoms with Gasteiger partial charge in [0.1, 0.15) is 0 Å². The predicted molar refractivity (Wildman–Crippen MR) is 93.0 cm³/mol. The highest BCUT2D eigenvalue weighted by Crippen LogP contribution is 2.27. The maximum absolute atomic E-state index is 12.0. The molecule has 1 aromatic rings. The number of aryl methyl sites for hydroxylation is 2. The van der Waals surface area contributed by atoms with E-state index in [-0.39, 0.29) is 18.5 Å². The van der Waals surface area contributed by atoms with Crippen molar-refractivity contribution < 1.29 is 9.59 Å². The van der Waals surface area contributed by atoms with E-state index in [1.54, 1.807) is 0 Å². The van der Waals surface area contributed by atoms with Gasteiger partial charge in [0.05, 0.1) is 6.54 Å². The maximum atomic E-state index is 12.0. The van der Waals surface area contributed by atoms with E-state index in [2.05, 4.69) is 16.0 Å². The van der Waals surface area contributed by atoms with Gasteiger partial charge in [-0.05, 0) is 55.9 Å². The second kappa shape index (κ2) is 7.35. The molecular weight excluding hydrogens is 292 g/mol. The summed E-state index contributed by atoms with van der Waals surface area (Å²) in [6.07, 6.45) is 2.38. The van der Waals surface area contributed by atoms with E-state index in [0.717, 1.165) is 22.5 Å². The summed E-state index contributed by atoms with van der Waals surface area (Å²) < 4.78 is 0. The number of carbonyl (C=O) groups excluding carboxylic acids is 2. The zero-order chi connectivity index (χ0) is 17.0. The average molecular weight is 318 g/mol. The Bertz CT molecular complexity index is 571. The Morgan fingerprint density at radius 3 is 2.26 bits per heavy atom. The molecule has 2 rings (SSSR count). The zero-order valence-electron chi connectivity index (χ0n) is 14.3. The molecule has 0 unspecified atom stereocenters. The van der Waals surface area contributed by atoms with Crippen molar-refractivity contribution in [1.82, 2.24) is 10.6 Å². The fourth-order valence-corrected chi connectivity index (χ4v) is 2.36. The second-order valence-electron chi connectivity index (χ2n) is 6.40. The topological polar surface area (TPSA) is 73.5 Å². The lowest BCUT2D eigenvalue weighted by Crippen LogP contribution is -2.39. The van der Waals surface area contributed by atoms with E-state index < -0.39 is 0 Å². The largest absolute Gasteiger partial charge is 0.378 e. The van der Waals surface area contributed by atoms with Crippen LogP contribution < -0.4 is 20.9 Å². The molecule has 0 aliphatic heterocycles. The number of hydrogen-bond donors (Lipinski definition) is 3. The molecule has 0 saturated heterocycles. The third-order valence-electron chi connectivity index (χ3n) is 3.97. The van der Waals surface area contributed by atoms with Gasteiger partial charge in [0.25, 0.3) is 0 Å². The molecule has 1 aliphatic rings. The van der Waals surface area contributed by atoms with Crippen molar-refractivity contribution in [2.75, 3.05) is 37.4 Å². The monoisotopic (exact) mass is 318 g/mol. The fraction of sp³-hybridized carbons (Fsp3) is 0.529. The van der Waals surface area contributed by atoms with E-state index in [1.165, 1.54) is 12.8 Å². The van der Waals surface area contributed by atoms with Gasteiger partial charge in [-0.1, -0.05) is 0 Å². The van der Waals surface area contributed by atoms with E-state index in [0.29, 0.717) is 12.5 Å². The molecule has 1 saturated carbocycles. The number of anilines is 2. The van der Waals surface area contributed by atoms with Crippen LogP contribution in [-0.4, -0.2) is 39.1 Å². The van der Waals surface area contributed by atoms with Crippen molar-refractivity contribution in [2.45, 2.75) is 26.7 Å². The minimum atomic E-state index is -0.365. The van der Waals surface area contributed by atoms with Crippen LogP contribution in [0.4, 0.5) is 16.2 Å². The van der Waals surface area contributed by atoms with Crippen LogP contribution in [0.25, 0.3) is 0 Å². The zero-order valence-corrected chi connectivity index (χ0v) is 14.3. The van der Waals surface area contributed by atoms with E-state index in [1.807, 2.05) is 45.0 Å². The Morgan fingerprint density at radius 2 is 1.74 bits per heavy atom. The highest BCUT2D eigenvalue weighted by molar-refractivity contribution is 5.93. The Morgan fingerprint density at radius 1 is 1.13 bits per heavy atom. The summed E-state index contributed by atoms with van der Waals surface area (Å²) in [6.45, 7) is 4.62. The molecule has 6 heteroatoms. The number of hydrogen-bond acceptors (Lipinski definition) is 3. The molecule has 1 aromatic carbocycles. The summed E-state index contributed by atoms with van der Waals surface area (Å²) in [6, 6.07) is 3.67. The second-order valence-corrected chi connectivity index (χ2v) is 6.40. The standard InChI is InChI=1S/C17H26N4O2/c1-11-7-14(21(3)4)8-12(2)16(11)20-17(23)19-10-15(22)18-9-13-5-6-13/h7-8,13H,5-6,9-10H2,1-4H3,(H,18,22)(H2,19,20,23). The maximum Gasteiger partial charge on any atom is 0.319 e. The first-order valence-corrected chi connectivity index (χ1v) is 7.97. The molecule has 1 aliphatic carbocycles. The van der Waals surface area contributed by atoms with Gasteiger partial charge in [-0.2, -0.15) is 0 Å². The van der Waals surface area contributed by atoms with Crippen molar-refractivity contribution in [3.63, 3.8) is 0 Å². The number of amides is 3. The SMILES string of the molecule is Cc1cc(N(C)C)cc(C)c1NC(=O)NCC(=O)NCC1CC1. The smallest absolute Gasteiger partial charge is 0.319 e. The van der Waals surface area contributed by atoms with Crippen LogP contribution >= 0.6 is 0 Å². The minimum absolute atomic E-state index is 0.00751. The summed E-state index contributed by atoms with van der Waals surface area (Å²) in [5.41, 5.74) is 3.85. The van der Waals surface area contributed by atoms with Gasteiger partial charge in [0, 0.05) is 32.0 Å². The highest BCUT2D eigenvalue weighted by Gasteiger charge is 2.21. The van der Waals surface area contributed by atoms with Crippen molar-refractivity contribution >= 4 is 23.3 Å². The number of benzene rings is 1. The van der Waals surface area contributed by atoms with Crippen LogP contribution in [-0.2, 0) is 4.79 Å². The van der Waals surface area contributed by atoms with Crippen LogP contribution in [0.2, 0.25) is 0 Å². The number of nitrogens with zero attached hydrogens (tertiary/aromatic N) is 1. The van der Waals surface area contributed by atoms with E-state index in [4.69, 9.17) is 0 Å². The molecule has 0 heterocycles. The quantitative estimate of drug-likeness (QED) is 0.751. The summed E-state index contributed by atoms with van der Waals surface area (Å²) in [4.78, 5) is 25.6. The van der Waals surface area contributed by atoms with Gasteiger partial charge in [0.2, 0.25) is 5.91 Å². The van der Waals surface area contributed by atoms with Crippen molar-refractivity contribution in [1.29, 1.82) is 0 Å². The molecule has 1 fully saturated rings. The van der Waals surface area contributed by atoms with E-state index >= 15 is 0 Å². The number of urea groups is 1. The molecule has 0 atom stereocenters. The molecule has 23 heavy (non-hydrogen) atoms. The summed E-state index contributed by atoms with van der Waals surface area (Å²) in [7, 11) is 3.96. The lowest BCUT2D eigenvalue weighted by atomic mass is 10.1. The van der Waals surface area contributed by atoms with Crippen LogP contribution in [0.5, 0.6) is 0 Å². The molecular formula is C17H26N4O2. The van der Waals surface area contributed by atoms with Gasteiger partial charge in [0.15, 0.2) is 0 Å². The molecule has 0 radical (unpaired) electrons. The molecule has 0 spiro atoms. The highest BCUT2D eigenvalue weighted by atomic mass is 16.2. The molecule has 3 N–H and O–H groups in total. The normalized spacial score (nSPS) is 13.4. The summed E-state index contributed by atoms with van der Waals surface area (Å²) >= 11 is 0. The summed E-state index contributed by atoms with van der Waals surface area (Å²) in [5.74, 6) is 0.483. The Hall–Kier alpha value is -2.24. The van der Waals surface area contributed by atoms with Gasteiger partial charge < -0.3 is 20.9 Å². The first-order valence-electron chi connectivity index (χ1n) is 7.97. The van der Waals surface area contributed by atoms with Gasteiger partial charge in [-0.25, -0.2) is 4.79 Å². The third-order valence-corrected chi connectivity index (χ3v) is 3.97. The van der Waals surface area contributed by atoms with Gasteiger partial charge in [-0.3, -0.25) is 4.79 Å². The van der Waals surface area contributed by atoms with Crippen molar-refractivity contribution in [3.05, 3.63) is 23.3 Å². The Labute approximate surface area is 137 Å². The molecule has 0 bridgehead atoms. The lowest BCUT2D eigenvalue weighted by molar-refractivity contribution is -0.120.